The summed E-state index contributed by atoms with van der Waals surface area (Å²) in [5, 5.41) is 3.81. The van der Waals surface area contributed by atoms with Crippen LogP contribution in [-0.4, -0.2) is 16.6 Å². The third-order valence-electron chi connectivity index (χ3n) is 2.02. The summed E-state index contributed by atoms with van der Waals surface area (Å²) < 4.78 is 1.92. The van der Waals surface area contributed by atoms with Crippen molar-refractivity contribution in [1.82, 2.24) is 14.9 Å². The summed E-state index contributed by atoms with van der Waals surface area (Å²) in [5.74, 6) is 1.36. The highest BCUT2D eigenvalue weighted by Crippen LogP contribution is 2.23. The number of hydrogen-bond acceptors (Lipinski definition) is 2. The highest BCUT2D eigenvalue weighted by Gasteiger charge is 2.14. The van der Waals surface area contributed by atoms with Crippen molar-refractivity contribution in [3.63, 3.8) is 0 Å². The van der Waals surface area contributed by atoms with Crippen molar-refractivity contribution in [3.05, 3.63) is 16.7 Å². The lowest BCUT2D eigenvalue weighted by molar-refractivity contribution is 0.708. The first-order chi connectivity index (χ1) is 6.07. The number of hydrogen-bond donors (Lipinski definition) is 1. The van der Waals surface area contributed by atoms with E-state index in [1.165, 1.54) is 0 Å². The number of aromatic nitrogens is 2. The maximum absolute atomic E-state index is 6.12. The van der Waals surface area contributed by atoms with Gasteiger partial charge in [0.15, 0.2) is 0 Å². The second kappa shape index (κ2) is 4.11. The fourth-order valence-corrected chi connectivity index (χ4v) is 1.59. The lowest BCUT2D eigenvalue weighted by Crippen LogP contribution is -2.10. The minimum Gasteiger partial charge on any atom is -0.321 e. The molecule has 0 aliphatic heterocycles. The van der Waals surface area contributed by atoms with E-state index >= 15 is 0 Å². The molecular formula is C9H16ClN3. The number of nitrogens with one attached hydrogen (secondary N) is 1. The van der Waals surface area contributed by atoms with Gasteiger partial charge in [0.25, 0.3) is 0 Å². The first-order valence-electron chi connectivity index (χ1n) is 4.43. The molecule has 1 heterocycles. The van der Waals surface area contributed by atoms with Gasteiger partial charge in [-0.05, 0) is 13.0 Å². The summed E-state index contributed by atoms with van der Waals surface area (Å²) in [4.78, 5) is 4.47. The van der Waals surface area contributed by atoms with Gasteiger partial charge in [-0.2, -0.15) is 0 Å². The molecule has 0 aromatic carbocycles. The van der Waals surface area contributed by atoms with Crippen LogP contribution in [-0.2, 0) is 13.6 Å². The Morgan fingerprint density at radius 3 is 2.54 bits per heavy atom. The van der Waals surface area contributed by atoms with Crippen LogP contribution >= 0.6 is 11.6 Å². The fourth-order valence-electron chi connectivity index (χ4n) is 1.23. The fraction of sp³-hybridized carbons (Fsp3) is 0.667. The molecule has 1 aromatic rings. The molecule has 0 spiro atoms. The van der Waals surface area contributed by atoms with Crippen LogP contribution in [0, 0.1) is 0 Å². The molecular weight excluding hydrogens is 186 g/mol. The topological polar surface area (TPSA) is 29.9 Å². The molecule has 0 bridgehead atoms. The molecule has 1 aromatic heterocycles. The Hall–Kier alpha value is -0.540. The van der Waals surface area contributed by atoms with Crippen LogP contribution < -0.4 is 5.32 Å². The van der Waals surface area contributed by atoms with Crippen molar-refractivity contribution in [2.24, 2.45) is 7.05 Å². The summed E-state index contributed by atoms with van der Waals surface area (Å²) in [6.45, 7) is 4.94. The molecule has 0 aliphatic carbocycles. The maximum atomic E-state index is 6.12. The molecule has 0 radical (unpaired) electrons. The van der Waals surface area contributed by atoms with Gasteiger partial charge in [0, 0.05) is 7.05 Å². The third kappa shape index (κ3) is 2.03. The lowest BCUT2D eigenvalue weighted by Gasteiger charge is -2.00. The van der Waals surface area contributed by atoms with Gasteiger partial charge in [-0.3, -0.25) is 0 Å². The average molecular weight is 202 g/mol. The third-order valence-corrected chi connectivity index (χ3v) is 2.47. The first-order valence-corrected chi connectivity index (χ1v) is 4.81. The van der Waals surface area contributed by atoms with Gasteiger partial charge < -0.3 is 9.88 Å². The molecule has 74 valence electrons. The van der Waals surface area contributed by atoms with Gasteiger partial charge in [0.05, 0.1) is 12.2 Å². The van der Waals surface area contributed by atoms with E-state index in [1.807, 2.05) is 18.7 Å². The molecule has 0 aliphatic rings. The SMILES string of the molecule is CNCc1nc(C(C)C)c(Cl)n1C. The van der Waals surface area contributed by atoms with Crippen LogP contribution in [0.5, 0.6) is 0 Å². The highest BCUT2D eigenvalue weighted by atomic mass is 35.5. The summed E-state index contributed by atoms with van der Waals surface area (Å²) in [5.41, 5.74) is 0.981. The Bertz CT molecular complexity index is 291. The Morgan fingerprint density at radius 2 is 2.15 bits per heavy atom. The molecule has 0 unspecified atom stereocenters. The zero-order valence-electron chi connectivity index (χ0n) is 8.56. The smallest absolute Gasteiger partial charge is 0.132 e. The largest absolute Gasteiger partial charge is 0.321 e. The summed E-state index contributed by atoms with van der Waals surface area (Å²) in [6.07, 6.45) is 0. The predicted octanol–water partition coefficient (Wildman–Crippen LogP) is 1.92. The Kier molecular flexibility index (Phi) is 3.33. The van der Waals surface area contributed by atoms with Gasteiger partial charge in [0.2, 0.25) is 0 Å². The summed E-state index contributed by atoms with van der Waals surface area (Å²) in [7, 11) is 3.84. The van der Waals surface area contributed by atoms with Gasteiger partial charge in [-0.25, -0.2) is 4.98 Å². The van der Waals surface area contributed by atoms with Crippen molar-refractivity contribution in [1.29, 1.82) is 0 Å². The molecule has 0 saturated carbocycles. The second-order valence-electron chi connectivity index (χ2n) is 3.45. The van der Waals surface area contributed by atoms with E-state index in [4.69, 9.17) is 11.6 Å². The molecule has 1 rings (SSSR count). The monoisotopic (exact) mass is 201 g/mol. The van der Waals surface area contributed by atoms with Crippen molar-refractivity contribution in [2.75, 3.05) is 7.05 Å². The Labute approximate surface area is 84.1 Å². The van der Waals surface area contributed by atoms with E-state index in [0.29, 0.717) is 5.92 Å². The molecule has 3 nitrogen and oxygen atoms in total. The van der Waals surface area contributed by atoms with Gasteiger partial charge in [-0.1, -0.05) is 25.4 Å². The van der Waals surface area contributed by atoms with E-state index in [9.17, 15) is 0 Å². The van der Waals surface area contributed by atoms with E-state index in [2.05, 4.69) is 24.1 Å². The molecule has 4 heteroatoms. The first kappa shape index (κ1) is 10.5. The molecule has 13 heavy (non-hydrogen) atoms. The van der Waals surface area contributed by atoms with E-state index in [-0.39, 0.29) is 0 Å². The highest BCUT2D eigenvalue weighted by molar-refractivity contribution is 6.30. The Balaban J connectivity index is 3.05. The van der Waals surface area contributed by atoms with Crippen molar-refractivity contribution in [2.45, 2.75) is 26.3 Å². The van der Waals surface area contributed by atoms with Crippen LogP contribution in [0.25, 0.3) is 0 Å². The molecule has 0 fully saturated rings. The molecule has 1 N–H and O–H groups in total. The Morgan fingerprint density at radius 1 is 1.54 bits per heavy atom. The van der Waals surface area contributed by atoms with Gasteiger partial charge >= 0.3 is 0 Å². The van der Waals surface area contributed by atoms with Crippen molar-refractivity contribution < 1.29 is 0 Å². The van der Waals surface area contributed by atoms with Crippen LogP contribution in [0.3, 0.4) is 0 Å². The van der Waals surface area contributed by atoms with Crippen molar-refractivity contribution in [3.8, 4) is 0 Å². The number of rotatable bonds is 3. The quantitative estimate of drug-likeness (QED) is 0.810. The summed E-state index contributed by atoms with van der Waals surface area (Å²) in [6, 6.07) is 0. The number of nitrogens with zero attached hydrogens (tertiary/aromatic N) is 2. The average Bonchev–Trinajstić information content (AvgIpc) is 2.33. The van der Waals surface area contributed by atoms with E-state index in [1.54, 1.807) is 0 Å². The van der Waals surface area contributed by atoms with E-state index < -0.39 is 0 Å². The van der Waals surface area contributed by atoms with Gasteiger partial charge in [-0.15, -0.1) is 0 Å². The number of imidazole rings is 1. The van der Waals surface area contributed by atoms with Crippen molar-refractivity contribution >= 4 is 11.6 Å². The van der Waals surface area contributed by atoms with Gasteiger partial charge in [0.1, 0.15) is 11.0 Å². The van der Waals surface area contributed by atoms with Crippen LogP contribution in [0.1, 0.15) is 31.3 Å². The number of halogens is 1. The molecule has 0 amide bonds. The second-order valence-corrected chi connectivity index (χ2v) is 3.81. The standard InChI is InChI=1S/C9H16ClN3/c1-6(2)8-9(10)13(4)7(12-8)5-11-3/h6,11H,5H2,1-4H3. The summed E-state index contributed by atoms with van der Waals surface area (Å²) >= 11 is 6.12. The maximum Gasteiger partial charge on any atom is 0.132 e. The van der Waals surface area contributed by atoms with E-state index in [0.717, 1.165) is 23.2 Å². The normalized spacial score (nSPS) is 11.2. The lowest BCUT2D eigenvalue weighted by atomic mass is 10.2. The minimum atomic E-state index is 0.379. The zero-order chi connectivity index (χ0) is 10.0. The minimum absolute atomic E-state index is 0.379. The molecule has 0 saturated heterocycles. The zero-order valence-corrected chi connectivity index (χ0v) is 9.31. The van der Waals surface area contributed by atoms with Crippen LogP contribution in [0.2, 0.25) is 5.15 Å². The van der Waals surface area contributed by atoms with Crippen LogP contribution in [0.4, 0.5) is 0 Å². The predicted molar refractivity (Wildman–Crippen MR) is 55.1 cm³/mol. The molecule has 0 atom stereocenters. The van der Waals surface area contributed by atoms with Crippen LogP contribution in [0.15, 0.2) is 0 Å².